The Labute approximate surface area is 202 Å². The number of fused-ring (bicyclic) bond motifs is 1. The molecule has 1 saturated carbocycles. The Morgan fingerprint density at radius 3 is 2.61 bits per heavy atom. The quantitative estimate of drug-likeness (QED) is 0.366. The average molecular weight is 458 g/mol. The lowest BCUT2D eigenvalue weighted by atomic mass is 9.69. The molecule has 2 heterocycles. The molecule has 0 radical (unpaired) electrons. The van der Waals surface area contributed by atoms with Crippen molar-refractivity contribution >= 4 is 32.8 Å². The highest BCUT2D eigenvalue weighted by Gasteiger charge is 2.39. The minimum Gasteiger partial charge on any atom is -0.299 e. The number of carbonyl (C=O) groups excluding carboxylic acids is 1. The van der Waals surface area contributed by atoms with Crippen LogP contribution in [0.2, 0.25) is 0 Å². The summed E-state index contributed by atoms with van der Waals surface area (Å²) in [6.45, 7) is 5.21. The maximum atomic E-state index is 13.8. The number of hydrogen-bond donors (Lipinski definition) is 0. The summed E-state index contributed by atoms with van der Waals surface area (Å²) in [7, 11) is 0. The number of thiophene rings is 1. The molecular formula is C30H35NOS. The number of Topliss-reactive ketones (excluding diaryl/α,β-unsaturated/α-hetero) is 1. The number of hydrogen-bond acceptors (Lipinski definition) is 3. The molecule has 1 aliphatic carbocycles. The van der Waals surface area contributed by atoms with E-state index in [9.17, 15) is 4.79 Å². The topological polar surface area (TPSA) is 20.3 Å². The van der Waals surface area contributed by atoms with Crippen molar-refractivity contribution in [1.29, 1.82) is 0 Å². The van der Waals surface area contributed by atoms with Crippen molar-refractivity contribution < 1.29 is 4.79 Å². The molecular weight excluding hydrogens is 422 g/mol. The molecule has 1 aliphatic heterocycles. The molecule has 0 bridgehead atoms. The molecule has 172 valence electrons. The van der Waals surface area contributed by atoms with Crippen LogP contribution < -0.4 is 0 Å². The molecule has 2 aliphatic rings. The van der Waals surface area contributed by atoms with Crippen LogP contribution in [-0.4, -0.2) is 30.3 Å². The van der Waals surface area contributed by atoms with Crippen molar-refractivity contribution in [2.45, 2.75) is 57.3 Å². The Morgan fingerprint density at radius 1 is 1.03 bits per heavy atom. The molecule has 0 N–H and O–H groups in total. The molecule has 33 heavy (non-hydrogen) atoms. The molecule has 2 aromatic carbocycles. The first-order chi connectivity index (χ1) is 16.1. The number of nitrogens with zero attached hydrogens (tertiary/aromatic N) is 1. The van der Waals surface area contributed by atoms with E-state index >= 15 is 0 Å². The Morgan fingerprint density at radius 2 is 1.85 bits per heavy atom. The SMILES string of the molecule is CC(CCN1CC=C(c2cccc3sccc23)CC1)(C(=O)C1CCCCC1)c1ccccc1. The summed E-state index contributed by atoms with van der Waals surface area (Å²) in [6.07, 6.45) is 10.2. The minimum absolute atomic E-state index is 0.239. The van der Waals surface area contributed by atoms with Gasteiger partial charge in [-0.25, -0.2) is 0 Å². The largest absolute Gasteiger partial charge is 0.299 e. The summed E-state index contributed by atoms with van der Waals surface area (Å²) < 4.78 is 1.37. The van der Waals surface area contributed by atoms with Crippen LogP contribution in [0.4, 0.5) is 0 Å². The monoisotopic (exact) mass is 457 g/mol. The predicted octanol–water partition coefficient (Wildman–Crippen LogP) is 7.49. The summed E-state index contributed by atoms with van der Waals surface area (Å²) in [5.41, 5.74) is 3.67. The maximum Gasteiger partial charge on any atom is 0.146 e. The second-order valence-corrected chi connectivity index (χ2v) is 11.0. The highest BCUT2D eigenvalue weighted by molar-refractivity contribution is 7.17. The van der Waals surface area contributed by atoms with Crippen LogP contribution >= 0.6 is 11.3 Å². The summed E-state index contributed by atoms with van der Waals surface area (Å²) >= 11 is 1.82. The zero-order chi connectivity index (χ0) is 22.7. The van der Waals surface area contributed by atoms with Crippen LogP contribution in [0.25, 0.3) is 15.7 Å². The van der Waals surface area contributed by atoms with Crippen molar-refractivity contribution in [2.24, 2.45) is 5.92 Å². The molecule has 1 aromatic heterocycles. The first kappa shape index (κ1) is 22.6. The van der Waals surface area contributed by atoms with Gasteiger partial charge >= 0.3 is 0 Å². The van der Waals surface area contributed by atoms with E-state index in [4.69, 9.17) is 0 Å². The summed E-state index contributed by atoms with van der Waals surface area (Å²) in [4.78, 5) is 16.3. The molecule has 3 heteroatoms. The van der Waals surface area contributed by atoms with Gasteiger partial charge in [-0.15, -0.1) is 11.3 Å². The van der Waals surface area contributed by atoms with Crippen molar-refractivity contribution in [3.63, 3.8) is 0 Å². The average Bonchev–Trinajstić information content (AvgIpc) is 3.37. The lowest BCUT2D eigenvalue weighted by molar-refractivity contribution is -0.129. The van der Waals surface area contributed by atoms with E-state index in [0.717, 1.165) is 45.3 Å². The molecule has 0 saturated heterocycles. The molecule has 1 fully saturated rings. The Balaban J connectivity index is 1.30. The Hall–Kier alpha value is -2.23. The van der Waals surface area contributed by atoms with E-state index in [1.807, 2.05) is 11.3 Å². The fourth-order valence-corrected chi connectivity index (χ4v) is 6.66. The van der Waals surface area contributed by atoms with Gasteiger partial charge < -0.3 is 0 Å². The van der Waals surface area contributed by atoms with E-state index in [0.29, 0.717) is 5.78 Å². The number of carbonyl (C=O) groups is 1. The van der Waals surface area contributed by atoms with Gasteiger partial charge in [-0.1, -0.05) is 67.8 Å². The van der Waals surface area contributed by atoms with Crippen LogP contribution in [0.15, 0.2) is 66.1 Å². The third-order valence-corrected chi connectivity index (χ3v) is 8.88. The Kier molecular flexibility index (Phi) is 6.80. The first-order valence-corrected chi connectivity index (χ1v) is 13.5. The molecule has 0 amide bonds. The van der Waals surface area contributed by atoms with Gasteiger partial charge in [0.15, 0.2) is 0 Å². The van der Waals surface area contributed by atoms with Crippen LogP contribution in [0.1, 0.15) is 63.0 Å². The normalized spacial score (nSPS) is 19.8. The van der Waals surface area contributed by atoms with Gasteiger partial charge in [0.05, 0.1) is 5.41 Å². The summed E-state index contributed by atoms with van der Waals surface area (Å²) in [5.74, 6) is 0.716. The van der Waals surface area contributed by atoms with Crippen LogP contribution in [0.5, 0.6) is 0 Å². The third-order valence-electron chi connectivity index (χ3n) is 7.99. The van der Waals surface area contributed by atoms with Gasteiger partial charge in [-0.05, 0) is 78.8 Å². The molecule has 0 spiro atoms. The predicted molar refractivity (Wildman–Crippen MR) is 141 cm³/mol. The molecule has 3 aromatic rings. The van der Waals surface area contributed by atoms with E-state index in [-0.39, 0.29) is 5.92 Å². The molecule has 1 unspecified atom stereocenters. The van der Waals surface area contributed by atoms with Gasteiger partial charge in [0.2, 0.25) is 0 Å². The second-order valence-electron chi connectivity index (χ2n) is 10.1. The zero-order valence-electron chi connectivity index (χ0n) is 19.8. The fraction of sp³-hybridized carbons (Fsp3) is 0.433. The molecule has 2 nitrogen and oxygen atoms in total. The summed E-state index contributed by atoms with van der Waals surface area (Å²) in [6, 6.07) is 19.5. The lowest BCUT2D eigenvalue weighted by Crippen LogP contribution is -2.42. The minimum atomic E-state index is -0.393. The van der Waals surface area contributed by atoms with Gasteiger partial charge in [0.25, 0.3) is 0 Å². The third kappa shape index (κ3) is 4.72. The lowest BCUT2D eigenvalue weighted by Gasteiger charge is -2.36. The smallest absolute Gasteiger partial charge is 0.146 e. The van der Waals surface area contributed by atoms with Crippen molar-refractivity contribution in [3.8, 4) is 0 Å². The fourth-order valence-electron chi connectivity index (χ4n) is 5.85. The van der Waals surface area contributed by atoms with Crippen LogP contribution in [0.3, 0.4) is 0 Å². The van der Waals surface area contributed by atoms with Gasteiger partial charge in [0, 0.05) is 23.7 Å². The Bertz CT molecular complexity index is 1120. The number of rotatable bonds is 7. The van der Waals surface area contributed by atoms with Gasteiger partial charge in [-0.3, -0.25) is 9.69 Å². The standard InChI is InChI=1S/C30H35NOS/c1-30(25-11-6-3-7-12-25,29(32)24-9-4-2-5-10-24)18-21-31-19-15-23(16-20-31)26-13-8-14-28-27(26)17-22-33-28/h3,6-8,11-15,17,22,24H,2,4-5,9-10,16,18-21H2,1H3. The van der Waals surface area contributed by atoms with Gasteiger partial charge in [-0.2, -0.15) is 0 Å². The highest BCUT2D eigenvalue weighted by Crippen LogP contribution is 2.37. The van der Waals surface area contributed by atoms with E-state index in [2.05, 4.69) is 77.9 Å². The second kappa shape index (κ2) is 9.95. The number of benzene rings is 2. The van der Waals surface area contributed by atoms with E-state index in [1.54, 1.807) is 0 Å². The highest BCUT2D eigenvalue weighted by atomic mass is 32.1. The zero-order valence-corrected chi connectivity index (χ0v) is 20.6. The van der Waals surface area contributed by atoms with Crippen LogP contribution in [0, 0.1) is 5.92 Å². The van der Waals surface area contributed by atoms with E-state index in [1.165, 1.54) is 46.0 Å². The first-order valence-electron chi connectivity index (χ1n) is 12.6. The molecule has 1 atom stereocenters. The number of ketones is 1. The van der Waals surface area contributed by atoms with Crippen molar-refractivity contribution in [1.82, 2.24) is 4.90 Å². The molecule has 5 rings (SSSR count). The van der Waals surface area contributed by atoms with Crippen molar-refractivity contribution in [2.75, 3.05) is 19.6 Å². The van der Waals surface area contributed by atoms with Crippen molar-refractivity contribution in [3.05, 3.63) is 77.2 Å². The summed E-state index contributed by atoms with van der Waals surface area (Å²) in [5, 5.41) is 3.58. The maximum absolute atomic E-state index is 13.8. The van der Waals surface area contributed by atoms with E-state index < -0.39 is 5.41 Å². The van der Waals surface area contributed by atoms with Gasteiger partial charge in [0.1, 0.15) is 5.78 Å². The van der Waals surface area contributed by atoms with Crippen LogP contribution in [-0.2, 0) is 10.2 Å².